The van der Waals surface area contributed by atoms with Crippen molar-refractivity contribution in [2.45, 2.75) is 0 Å². The zero-order chi connectivity index (χ0) is 0. The molecule has 0 saturated heterocycles. The van der Waals surface area contributed by atoms with Crippen LogP contribution in [-0.4, -0.2) is 11.0 Å². The Kier molecular flexibility index (Phi) is 311. The van der Waals surface area contributed by atoms with Crippen LogP contribution in [0.15, 0.2) is 0 Å². The standard InChI is InChI=1S/Cr.Mn.Mo.Si.V. The van der Waals surface area contributed by atoms with E-state index in [1.165, 1.54) is 0 Å². The Hall–Kier alpha value is 2.54. The van der Waals surface area contributed by atoms with Gasteiger partial charge in [0.2, 0.25) is 0 Å². The molecule has 0 fully saturated rings. The maximum Gasteiger partial charge on any atom is 0 e. The van der Waals surface area contributed by atoms with Crippen LogP contribution in [-0.2, 0) is 74.1 Å². The molecule has 0 N–H and O–H groups in total. The average molecular weight is 282 g/mol. The molecule has 6 radical (unpaired) electrons. The average Bonchev–Trinajstić information content (AvgIpc) is 0. The fraction of sp³-hybridized carbons (Fsp3) is 0. The zero-order valence-electron chi connectivity index (χ0n) is 2.14. The summed E-state index contributed by atoms with van der Waals surface area (Å²) >= 11 is 0. The summed E-state index contributed by atoms with van der Waals surface area (Å²) in [6.45, 7) is 0. The molecular weight excluding hydrogens is 282 g/mol. The molecule has 5 heteroatoms. The summed E-state index contributed by atoms with van der Waals surface area (Å²) in [6.07, 6.45) is 0. The quantitative estimate of drug-likeness (QED) is 0.531. The minimum atomic E-state index is 0. The van der Waals surface area contributed by atoms with Crippen LogP contribution in [0.5, 0.6) is 0 Å². The van der Waals surface area contributed by atoms with Crippen LogP contribution in [0.1, 0.15) is 0 Å². The first-order valence-corrected chi connectivity index (χ1v) is 0. The Labute approximate surface area is 84.0 Å². The second-order valence-electron chi connectivity index (χ2n) is 0. The first kappa shape index (κ1) is 50.0. The topological polar surface area (TPSA) is 0 Å². The van der Waals surface area contributed by atoms with Gasteiger partial charge in [-0.2, -0.15) is 0 Å². The number of rotatable bonds is 0. The van der Waals surface area contributed by atoms with Crippen LogP contribution >= 0.6 is 0 Å². The van der Waals surface area contributed by atoms with Gasteiger partial charge in [-0.05, 0) is 0 Å². The Morgan fingerprint density at radius 2 is 1.00 bits per heavy atom. The van der Waals surface area contributed by atoms with Crippen molar-refractivity contribution in [3.63, 3.8) is 0 Å². The summed E-state index contributed by atoms with van der Waals surface area (Å²) < 4.78 is 0. The van der Waals surface area contributed by atoms with Gasteiger partial charge in [0, 0.05) is 85.0 Å². The van der Waals surface area contributed by atoms with Crippen LogP contribution in [0.4, 0.5) is 0 Å². The van der Waals surface area contributed by atoms with Crippen molar-refractivity contribution in [3.8, 4) is 0 Å². The van der Waals surface area contributed by atoms with Crippen molar-refractivity contribution in [2.75, 3.05) is 0 Å². The van der Waals surface area contributed by atoms with E-state index in [4.69, 9.17) is 0 Å². The molecular formula is CrMnMoSiV. The number of hydrogen-bond acceptors (Lipinski definition) is 0. The van der Waals surface area contributed by atoms with E-state index >= 15 is 0 Å². The van der Waals surface area contributed by atoms with Crippen molar-refractivity contribution in [1.82, 2.24) is 0 Å². The first-order valence-electron chi connectivity index (χ1n) is 0. The second kappa shape index (κ2) is 31.1. The molecule has 0 bridgehead atoms. The van der Waals surface area contributed by atoms with E-state index in [2.05, 4.69) is 0 Å². The molecule has 0 unspecified atom stereocenters. The molecule has 0 rings (SSSR count). The summed E-state index contributed by atoms with van der Waals surface area (Å²) in [5.74, 6) is 0. The summed E-state index contributed by atoms with van der Waals surface area (Å²) in [4.78, 5) is 0. The molecule has 0 nitrogen and oxygen atoms in total. The first-order chi connectivity index (χ1) is 0. The smallest absolute Gasteiger partial charge is 0 e. The van der Waals surface area contributed by atoms with Gasteiger partial charge >= 0.3 is 0 Å². The van der Waals surface area contributed by atoms with Gasteiger partial charge in [-0.1, -0.05) is 0 Å². The summed E-state index contributed by atoms with van der Waals surface area (Å²) in [6, 6.07) is 0. The molecule has 0 aromatic heterocycles. The van der Waals surface area contributed by atoms with Crippen molar-refractivity contribution in [3.05, 3.63) is 0 Å². The minimum absolute atomic E-state index is 0. The fourth-order valence-corrected chi connectivity index (χ4v) is 0. The third-order valence-corrected chi connectivity index (χ3v) is 0. The van der Waals surface area contributed by atoms with Crippen molar-refractivity contribution in [1.29, 1.82) is 0 Å². The molecule has 0 heterocycles. The third-order valence-electron chi connectivity index (χ3n) is 0. The molecule has 0 atom stereocenters. The van der Waals surface area contributed by atoms with Gasteiger partial charge in [-0.3, -0.25) is 0 Å². The maximum absolute atomic E-state index is 0. The zero-order valence-corrected chi connectivity index (χ0v) is 9.00. The Balaban J connectivity index is 0. The predicted octanol–water partition coefficient (Wildman–Crippen LogP) is -0.391. The van der Waals surface area contributed by atoms with Crippen molar-refractivity contribution in [2.24, 2.45) is 0 Å². The van der Waals surface area contributed by atoms with Gasteiger partial charge in [-0.25, -0.2) is 0 Å². The van der Waals surface area contributed by atoms with E-state index in [0.717, 1.165) is 0 Å². The van der Waals surface area contributed by atoms with E-state index < -0.39 is 0 Å². The van der Waals surface area contributed by atoms with E-state index in [1.54, 1.807) is 0 Å². The van der Waals surface area contributed by atoms with E-state index in [0.29, 0.717) is 0 Å². The van der Waals surface area contributed by atoms with Crippen LogP contribution < -0.4 is 0 Å². The van der Waals surface area contributed by atoms with Crippen LogP contribution in [0.2, 0.25) is 0 Å². The van der Waals surface area contributed by atoms with Gasteiger partial charge < -0.3 is 0 Å². The Morgan fingerprint density at radius 1 is 1.00 bits per heavy atom. The largest absolute Gasteiger partial charge is 0 e. The van der Waals surface area contributed by atoms with Gasteiger partial charge in [0.25, 0.3) is 0 Å². The fourth-order valence-electron chi connectivity index (χ4n) is 0. The molecule has 0 spiro atoms. The second-order valence-corrected chi connectivity index (χ2v) is 0. The van der Waals surface area contributed by atoms with Crippen LogP contribution in [0.3, 0.4) is 0 Å². The third kappa shape index (κ3) is 20.9. The predicted molar refractivity (Wildman–Crippen MR) is 5.75 cm³/mol. The Bertz CT molecular complexity index is 11.6. The molecule has 0 aliphatic heterocycles. The van der Waals surface area contributed by atoms with E-state index in [9.17, 15) is 0 Å². The molecule has 0 amide bonds. The molecule has 5 heavy (non-hydrogen) atoms. The molecule has 0 aromatic rings. The van der Waals surface area contributed by atoms with Gasteiger partial charge in [0.1, 0.15) is 0 Å². The molecule has 0 aromatic carbocycles. The van der Waals surface area contributed by atoms with Crippen molar-refractivity contribution >= 4 is 11.0 Å². The molecule has 28 valence electrons. The van der Waals surface area contributed by atoms with Crippen LogP contribution in [0.25, 0.3) is 0 Å². The van der Waals surface area contributed by atoms with Crippen molar-refractivity contribution < 1.29 is 74.1 Å². The monoisotopic (exact) mass is 284 g/mol. The normalized spacial score (nSPS) is 0. The maximum atomic E-state index is 0. The van der Waals surface area contributed by atoms with Gasteiger partial charge in [0.05, 0.1) is 0 Å². The molecule has 0 aliphatic carbocycles. The summed E-state index contributed by atoms with van der Waals surface area (Å²) in [5.41, 5.74) is 0. The summed E-state index contributed by atoms with van der Waals surface area (Å²) in [5, 5.41) is 0. The van der Waals surface area contributed by atoms with Gasteiger partial charge in [-0.15, -0.1) is 0 Å². The van der Waals surface area contributed by atoms with Crippen LogP contribution in [0, 0.1) is 0 Å². The van der Waals surface area contributed by atoms with E-state index in [1.807, 2.05) is 0 Å². The SMILES string of the molecule is [Cr].[Mn].[Mo].[Si].[V]. The molecule has 0 aliphatic rings. The number of hydrogen-bond donors (Lipinski definition) is 0. The Morgan fingerprint density at radius 3 is 1.00 bits per heavy atom. The van der Waals surface area contributed by atoms with Gasteiger partial charge in [0.15, 0.2) is 0 Å². The molecule has 0 saturated carbocycles. The minimum Gasteiger partial charge on any atom is 0 e. The van der Waals surface area contributed by atoms with E-state index in [-0.39, 0.29) is 85.0 Å². The summed E-state index contributed by atoms with van der Waals surface area (Å²) in [7, 11) is 0.